The van der Waals surface area contributed by atoms with Gasteiger partial charge in [0.05, 0.1) is 18.6 Å². The Kier molecular flexibility index (Phi) is 9.08. The molecule has 0 unspecified atom stereocenters. The average molecular weight is 323 g/mol. The summed E-state index contributed by atoms with van der Waals surface area (Å²) >= 11 is 0. The summed E-state index contributed by atoms with van der Waals surface area (Å²) in [6.07, 6.45) is -2.40. The van der Waals surface area contributed by atoms with Crippen LogP contribution in [0.2, 0.25) is 0 Å². The number of ketones is 1. The van der Waals surface area contributed by atoms with Crippen LogP contribution >= 0.6 is 8.38 Å². The van der Waals surface area contributed by atoms with E-state index in [-0.39, 0.29) is 18.4 Å². The zero-order chi connectivity index (χ0) is 16.6. The van der Waals surface area contributed by atoms with E-state index < -0.39 is 38.7 Å². The molecule has 0 heterocycles. The Balaban J connectivity index is 4.30. The van der Waals surface area contributed by atoms with Gasteiger partial charge in [-0.05, 0) is 0 Å². The Morgan fingerprint density at radius 3 is 2.10 bits per heavy atom. The van der Waals surface area contributed by atoms with Gasteiger partial charge in [-0.3, -0.25) is 9.59 Å². The smallest absolute Gasteiger partial charge is 0.410 e. The summed E-state index contributed by atoms with van der Waals surface area (Å²) in [4.78, 5) is 51.5. The van der Waals surface area contributed by atoms with E-state index in [2.05, 4.69) is 5.32 Å². The van der Waals surface area contributed by atoms with E-state index in [0.717, 1.165) is 0 Å². The molecule has 3 N–H and O–H groups in total. The first-order chi connectivity index (χ1) is 9.63. The van der Waals surface area contributed by atoms with Crippen molar-refractivity contribution in [3.8, 4) is 0 Å². The van der Waals surface area contributed by atoms with E-state index in [1.54, 1.807) is 27.7 Å². The molecule has 122 valence electrons. The van der Waals surface area contributed by atoms with Gasteiger partial charge in [0.15, 0.2) is 14.2 Å². The maximum atomic E-state index is 11.5. The first-order valence-corrected chi connectivity index (χ1v) is 7.88. The van der Waals surface area contributed by atoms with Crippen LogP contribution in [-0.2, 0) is 19.1 Å². The standard InChI is InChI=1S/C12H22NO7P/c1-7(2)10(15)19-11(8(3)4)20-12(16)13-5-9(14)6-21(17)18/h7-8,11,17-18H,5-6H2,1-4H3,(H,13,16)/t11-/m1/s1. The number of nitrogens with one attached hydrogen (secondary N) is 1. The molecule has 9 heteroatoms. The molecular weight excluding hydrogens is 301 g/mol. The summed E-state index contributed by atoms with van der Waals surface area (Å²) in [5.74, 6) is -1.64. The lowest BCUT2D eigenvalue weighted by molar-refractivity contribution is -0.178. The van der Waals surface area contributed by atoms with Crippen molar-refractivity contribution in [3.05, 3.63) is 0 Å². The Bertz CT molecular complexity index is 371. The van der Waals surface area contributed by atoms with Gasteiger partial charge in [-0.2, -0.15) is 0 Å². The largest absolute Gasteiger partial charge is 0.425 e. The van der Waals surface area contributed by atoms with Crippen LogP contribution in [0.4, 0.5) is 4.79 Å². The van der Waals surface area contributed by atoms with Crippen LogP contribution in [0.1, 0.15) is 27.7 Å². The fourth-order valence-corrected chi connectivity index (χ4v) is 1.51. The van der Waals surface area contributed by atoms with Gasteiger partial charge >= 0.3 is 12.1 Å². The number of rotatable bonds is 8. The van der Waals surface area contributed by atoms with E-state index in [4.69, 9.17) is 19.3 Å². The van der Waals surface area contributed by atoms with Gasteiger partial charge in [-0.25, -0.2) is 4.79 Å². The lowest BCUT2D eigenvalue weighted by Crippen LogP contribution is -2.37. The van der Waals surface area contributed by atoms with Gasteiger partial charge in [0.2, 0.25) is 0 Å². The molecule has 0 saturated carbocycles. The van der Waals surface area contributed by atoms with E-state index >= 15 is 0 Å². The van der Waals surface area contributed by atoms with Crippen LogP contribution in [0, 0.1) is 11.8 Å². The van der Waals surface area contributed by atoms with Crippen molar-refractivity contribution >= 4 is 26.2 Å². The molecular formula is C12H22NO7P. The van der Waals surface area contributed by atoms with Gasteiger partial charge in [0.1, 0.15) is 0 Å². The zero-order valence-electron chi connectivity index (χ0n) is 12.5. The summed E-state index contributed by atoms with van der Waals surface area (Å²) in [6.45, 7) is 6.34. The summed E-state index contributed by atoms with van der Waals surface area (Å²) < 4.78 is 9.95. The Morgan fingerprint density at radius 2 is 1.67 bits per heavy atom. The van der Waals surface area contributed by atoms with E-state index in [0.29, 0.717) is 0 Å². The van der Waals surface area contributed by atoms with E-state index in [1.807, 2.05) is 0 Å². The van der Waals surface area contributed by atoms with Crippen molar-refractivity contribution < 1.29 is 33.6 Å². The van der Waals surface area contributed by atoms with Crippen molar-refractivity contribution in [1.82, 2.24) is 5.32 Å². The topological polar surface area (TPSA) is 122 Å². The summed E-state index contributed by atoms with van der Waals surface area (Å²) in [5.41, 5.74) is 0. The van der Waals surface area contributed by atoms with Crippen LogP contribution in [0.3, 0.4) is 0 Å². The average Bonchev–Trinajstić information content (AvgIpc) is 2.34. The molecule has 1 atom stereocenters. The summed E-state index contributed by atoms with van der Waals surface area (Å²) in [6, 6.07) is 0. The third-order valence-electron chi connectivity index (χ3n) is 2.22. The SMILES string of the molecule is CC(C)C(=O)O[C@H](OC(=O)NCC(=O)CP(O)O)C(C)C. The third-order valence-corrected chi connectivity index (χ3v) is 2.85. The molecule has 0 aromatic rings. The summed E-state index contributed by atoms with van der Waals surface area (Å²) in [7, 11) is -2.33. The number of esters is 1. The van der Waals surface area contributed by atoms with Crippen molar-refractivity contribution in [1.29, 1.82) is 0 Å². The van der Waals surface area contributed by atoms with Crippen molar-refractivity contribution in [2.24, 2.45) is 11.8 Å². The maximum absolute atomic E-state index is 11.5. The minimum absolute atomic E-state index is 0.253. The van der Waals surface area contributed by atoms with Crippen LogP contribution < -0.4 is 5.32 Å². The highest BCUT2D eigenvalue weighted by Crippen LogP contribution is 2.21. The van der Waals surface area contributed by atoms with Crippen molar-refractivity contribution in [2.45, 2.75) is 34.0 Å². The first-order valence-electron chi connectivity index (χ1n) is 6.45. The second-order valence-electron chi connectivity index (χ2n) is 5.03. The maximum Gasteiger partial charge on any atom is 0.410 e. The van der Waals surface area contributed by atoms with Gasteiger partial charge in [0.25, 0.3) is 6.29 Å². The van der Waals surface area contributed by atoms with Crippen molar-refractivity contribution in [3.63, 3.8) is 0 Å². The number of carbonyl (C=O) groups excluding carboxylic acids is 3. The fourth-order valence-electron chi connectivity index (χ4n) is 1.08. The van der Waals surface area contributed by atoms with Gasteiger partial charge < -0.3 is 24.6 Å². The quantitative estimate of drug-likeness (QED) is 0.342. The molecule has 0 saturated heterocycles. The van der Waals surface area contributed by atoms with Crippen LogP contribution in [0.15, 0.2) is 0 Å². The predicted octanol–water partition coefficient (Wildman–Crippen LogP) is 0.759. The van der Waals surface area contributed by atoms with Gasteiger partial charge in [-0.1, -0.05) is 27.7 Å². The monoisotopic (exact) mass is 323 g/mol. The number of hydrogen-bond acceptors (Lipinski definition) is 7. The number of carbonyl (C=O) groups is 3. The molecule has 0 bridgehead atoms. The molecule has 0 aromatic heterocycles. The van der Waals surface area contributed by atoms with Crippen LogP contribution in [-0.4, -0.2) is 46.6 Å². The molecule has 0 spiro atoms. The lowest BCUT2D eigenvalue weighted by atomic mass is 10.2. The van der Waals surface area contributed by atoms with E-state index in [9.17, 15) is 14.4 Å². The number of hydrogen-bond donors (Lipinski definition) is 3. The third kappa shape index (κ3) is 9.33. The normalized spacial score (nSPS) is 12.4. The molecule has 0 aliphatic rings. The molecule has 21 heavy (non-hydrogen) atoms. The Hall–Kier alpha value is -1.24. The van der Waals surface area contributed by atoms with Gasteiger partial charge in [-0.15, -0.1) is 0 Å². The Labute approximate surface area is 124 Å². The second kappa shape index (κ2) is 9.65. The van der Waals surface area contributed by atoms with E-state index in [1.165, 1.54) is 0 Å². The summed E-state index contributed by atoms with van der Waals surface area (Å²) in [5, 5.41) is 2.16. The molecule has 0 aliphatic heterocycles. The molecule has 8 nitrogen and oxygen atoms in total. The molecule has 0 fully saturated rings. The number of alkyl carbamates (subject to hydrolysis) is 1. The zero-order valence-corrected chi connectivity index (χ0v) is 13.4. The predicted molar refractivity (Wildman–Crippen MR) is 75.3 cm³/mol. The van der Waals surface area contributed by atoms with Crippen LogP contribution in [0.25, 0.3) is 0 Å². The molecule has 0 aromatic carbocycles. The minimum atomic E-state index is -2.33. The molecule has 0 aliphatic carbocycles. The van der Waals surface area contributed by atoms with Gasteiger partial charge in [0, 0.05) is 5.92 Å². The first kappa shape index (κ1) is 19.8. The second-order valence-corrected chi connectivity index (χ2v) is 6.09. The Morgan fingerprint density at radius 1 is 1.10 bits per heavy atom. The molecule has 0 rings (SSSR count). The molecule has 1 amide bonds. The highest BCUT2D eigenvalue weighted by Gasteiger charge is 2.24. The highest BCUT2D eigenvalue weighted by atomic mass is 31.2. The van der Waals surface area contributed by atoms with Crippen molar-refractivity contribution in [2.75, 3.05) is 12.7 Å². The fraction of sp³-hybridized carbons (Fsp3) is 0.750. The number of ether oxygens (including phenoxy) is 2. The number of Topliss-reactive ketones (excluding diaryl/α,β-unsaturated/α-hetero) is 1. The molecule has 0 radical (unpaired) electrons. The highest BCUT2D eigenvalue weighted by molar-refractivity contribution is 7.46. The van der Waals surface area contributed by atoms with Crippen LogP contribution in [0.5, 0.6) is 0 Å². The lowest BCUT2D eigenvalue weighted by Gasteiger charge is -2.22. The number of amides is 1. The minimum Gasteiger partial charge on any atom is -0.425 e.